The highest BCUT2D eigenvalue weighted by molar-refractivity contribution is 5.81. The predicted octanol–water partition coefficient (Wildman–Crippen LogP) is 1.80. The van der Waals surface area contributed by atoms with E-state index in [-0.39, 0.29) is 17.5 Å². The van der Waals surface area contributed by atoms with Crippen LogP contribution in [0.4, 0.5) is 4.39 Å². The minimum atomic E-state index is -0.510. The number of hydrogen-bond acceptors (Lipinski definition) is 3. The topological polar surface area (TPSA) is 56.1 Å². The van der Waals surface area contributed by atoms with E-state index in [4.69, 9.17) is 5.26 Å². The van der Waals surface area contributed by atoms with E-state index in [1.54, 1.807) is 12.1 Å². The molecular weight excluding hydrogens is 257 g/mol. The Morgan fingerprint density at radius 2 is 2.30 bits per heavy atom. The predicted molar refractivity (Wildman–Crippen MR) is 73.2 cm³/mol. The summed E-state index contributed by atoms with van der Waals surface area (Å²) in [6.45, 7) is 1.22. The molecule has 106 valence electrons. The van der Waals surface area contributed by atoms with E-state index in [2.05, 4.69) is 5.32 Å². The van der Waals surface area contributed by atoms with Gasteiger partial charge in [0.15, 0.2) is 0 Å². The first-order chi connectivity index (χ1) is 9.61. The molecular formula is C15H18FN3O. The summed E-state index contributed by atoms with van der Waals surface area (Å²) in [6.07, 6.45) is 2.83. The Hall–Kier alpha value is -1.93. The molecule has 0 aromatic heterocycles. The van der Waals surface area contributed by atoms with Gasteiger partial charge in [-0.15, -0.1) is 0 Å². The van der Waals surface area contributed by atoms with Crippen molar-refractivity contribution in [2.45, 2.75) is 31.8 Å². The van der Waals surface area contributed by atoms with Gasteiger partial charge < -0.3 is 5.32 Å². The molecule has 1 amide bonds. The molecule has 20 heavy (non-hydrogen) atoms. The fourth-order valence-corrected chi connectivity index (χ4v) is 2.49. The maximum absolute atomic E-state index is 13.6. The summed E-state index contributed by atoms with van der Waals surface area (Å²) in [4.78, 5) is 13.9. The van der Waals surface area contributed by atoms with E-state index in [0.717, 1.165) is 31.4 Å². The highest BCUT2D eigenvalue weighted by Crippen LogP contribution is 2.16. The number of benzene rings is 1. The number of hydrogen-bond donors (Lipinski definition) is 1. The van der Waals surface area contributed by atoms with Crippen LogP contribution in [-0.2, 0) is 11.3 Å². The van der Waals surface area contributed by atoms with Crippen LogP contribution in [-0.4, -0.2) is 30.4 Å². The molecule has 0 aliphatic carbocycles. The summed E-state index contributed by atoms with van der Waals surface area (Å²) in [7, 11) is 1.87. The quantitative estimate of drug-likeness (QED) is 0.915. The van der Waals surface area contributed by atoms with Gasteiger partial charge in [-0.1, -0.05) is 6.07 Å². The number of rotatable bonds is 3. The Labute approximate surface area is 118 Å². The highest BCUT2D eigenvalue weighted by Gasteiger charge is 2.24. The zero-order valence-corrected chi connectivity index (χ0v) is 11.5. The van der Waals surface area contributed by atoms with Gasteiger partial charge in [0.25, 0.3) is 0 Å². The number of amides is 1. The smallest absolute Gasteiger partial charge is 0.237 e. The van der Waals surface area contributed by atoms with Crippen LogP contribution in [0.3, 0.4) is 0 Å². The fourth-order valence-electron chi connectivity index (χ4n) is 2.49. The van der Waals surface area contributed by atoms with Gasteiger partial charge in [-0.3, -0.25) is 9.69 Å². The van der Waals surface area contributed by atoms with E-state index in [0.29, 0.717) is 6.54 Å². The van der Waals surface area contributed by atoms with Crippen LogP contribution >= 0.6 is 0 Å². The lowest BCUT2D eigenvalue weighted by Gasteiger charge is -2.25. The third-order valence-electron chi connectivity index (χ3n) is 3.62. The second-order valence-corrected chi connectivity index (χ2v) is 5.14. The molecule has 1 atom stereocenters. The molecule has 0 saturated carbocycles. The van der Waals surface area contributed by atoms with Crippen molar-refractivity contribution in [1.29, 1.82) is 5.26 Å². The van der Waals surface area contributed by atoms with Crippen LogP contribution in [0.2, 0.25) is 0 Å². The lowest BCUT2D eigenvalue weighted by molar-refractivity contribution is -0.125. The summed E-state index contributed by atoms with van der Waals surface area (Å²) in [6, 6.07) is 6.20. The number of nitriles is 1. The standard InChI is InChI=1S/C15H18FN3O/c1-19(14-4-2-3-7-18-15(14)20)10-11-5-6-12(9-17)13(16)8-11/h5-6,8,14H,2-4,7,10H2,1H3,(H,18,20). The van der Waals surface area contributed by atoms with Gasteiger partial charge in [-0.25, -0.2) is 4.39 Å². The summed E-state index contributed by atoms with van der Waals surface area (Å²) >= 11 is 0. The molecule has 1 saturated heterocycles. The molecule has 1 aliphatic rings. The van der Waals surface area contributed by atoms with Gasteiger partial charge in [-0.2, -0.15) is 5.26 Å². The first-order valence-corrected chi connectivity index (χ1v) is 6.78. The average Bonchev–Trinajstić information content (AvgIpc) is 2.63. The van der Waals surface area contributed by atoms with E-state index in [1.165, 1.54) is 12.1 Å². The van der Waals surface area contributed by atoms with Crippen LogP contribution in [0, 0.1) is 17.1 Å². The maximum atomic E-state index is 13.6. The molecule has 0 spiro atoms. The number of nitrogens with zero attached hydrogens (tertiary/aromatic N) is 2. The number of halogens is 1. The summed E-state index contributed by atoms with van der Waals surface area (Å²) < 4.78 is 13.6. The van der Waals surface area contributed by atoms with Crippen LogP contribution in [0.5, 0.6) is 0 Å². The van der Waals surface area contributed by atoms with Crippen LogP contribution < -0.4 is 5.32 Å². The Morgan fingerprint density at radius 3 is 3.00 bits per heavy atom. The molecule has 1 unspecified atom stereocenters. The molecule has 1 aliphatic heterocycles. The monoisotopic (exact) mass is 275 g/mol. The maximum Gasteiger partial charge on any atom is 0.237 e. The first-order valence-electron chi connectivity index (χ1n) is 6.78. The molecule has 0 radical (unpaired) electrons. The van der Waals surface area contributed by atoms with Crippen molar-refractivity contribution >= 4 is 5.91 Å². The molecule has 5 heteroatoms. The SMILES string of the molecule is CN(Cc1ccc(C#N)c(F)c1)C1CCCCNC1=O. The second kappa shape index (κ2) is 6.49. The van der Waals surface area contributed by atoms with Crippen LogP contribution in [0.15, 0.2) is 18.2 Å². The van der Waals surface area contributed by atoms with Gasteiger partial charge in [0, 0.05) is 13.1 Å². The third-order valence-corrected chi connectivity index (χ3v) is 3.62. The lowest BCUT2D eigenvalue weighted by atomic mass is 10.1. The normalized spacial score (nSPS) is 19.3. The van der Waals surface area contributed by atoms with Crippen molar-refractivity contribution in [3.63, 3.8) is 0 Å². The van der Waals surface area contributed by atoms with Crippen molar-refractivity contribution in [2.24, 2.45) is 0 Å². The van der Waals surface area contributed by atoms with Gasteiger partial charge >= 0.3 is 0 Å². The van der Waals surface area contributed by atoms with Crippen LogP contribution in [0.25, 0.3) is 0 Å². The molecule has 1 heterocycles. The first kappa shape index (κ1) is 14.5. The third kappa shape index (κ3) is 3.34. The molecule has 0 bridgehead atoms. The van der Waals surface area contributed by atoms with E-state index < -0.39 is 5.82 Å². The lowest BCUT2D eigenvalue weighted by Crippen LogP contribution is -2.43. The van der Waals surface area contributed by atoms with E-state index in [1.807, 2.05) is 11.9 Å². The Kier molecular flexibility index (Phi) is 4.70. The molecule has 4 nitrogen and oxygen atoms in total. The van der Waals surface area contributed by atoms with Crippen LogP contribution in [0.1, 0.15) is 30.4 Å². The zero-order valence-electron chi connectivity index (χ0n) is 11.5. The van der Waals surface area contributed by atoms with Crippen molar-refractivity contribution in [1.82, 2.24) is 10.2 Å². The van der Waals surface area contributed by atoms with E-state index >= 15 is 0 Å². The fraction of sp³-hybridized carbons (Fsp3) is 0.467. The molecule has 1 N–H and O–H groups in total. The zero-order chi connectivity index (χ0) is 14.5. The number of likely N-dealkylation sites (N-methyl/N-ethyl adjacent to an activating group) is 1. The van der Waals surface area contributed by atoms with Crippen molar-refractivity contribution in [3.05, 3.63) is 35.1 Å². The van der Waals surface area contributed by atoms with Crippen molar-refractivity contribution in [3.8, 4) is 6.07 Å². The minimum Gasteiger partial charge on any atom is -0.355 e. The Bertz CT molecular complexity index is 538. The summed E-state index contributed by atoms with van der Waals surface area (Å²) in [5, 5.41) is 11.6. The minimum absolute atomic E-state index is 0.0408. The van der Waals surface area contributed by atoms with Crippen molar-refractivity contribution in [2.75, 3.05) is 13.6 Å². The molecule has 1 fully saturated rings. The largest absolute Gasteiger partial charge is 0.355 e. The highest BCUT2D eigenvalue weighted by atomic mass is 19.1. The Morgan fingerprint density at radius 1 is 1.50 bits per heavy atom. The number of carbonyl (C=O) groups excluding carboxylic acids is 1. The van der Waals surface area contributed by atoms with Gasteiger partial charge in [-0.05, 0) is 44.0 Å². The van der Waals surface area contributed by atoms with Gasteiger partial charge in [0.05, 0.1) is 11.6 Å². The molecule has 2 rings (SSSR count). The average molecular weight is 275 g/mol. The van der Waals surface area contributed by atoms with Gasteiger partial charge in [0.2, 0.25) is 5.91 Å². The van der Waals surface area contributed by atoms with E-state index in [9.17, 15) is 9.18 Å². The summed E-state index contributed by atoms with van der Waals surface area (Å²) in [5.41, 5.74) is 0.810. The summed E-state index contributed by atoms with van der Waals surface area (Å²) in [5.74, 6) is -0.470. The molecule has 1 aromatic carbocycles. The van der Waals surface area contributed by atoms with Crippen molar-refractivity contribution < 1.29 is 9.18 Å². The van der Waals surface area contributed by atoms with Gasteiger partial charge in [0.1, 0.15) is 11.9 Å². The number of nitrogens with one attached hydrogen (secondary N) is 1. The Balaban J connectivity index is 2.07. The second-order valence-electron chi connectivity index (χ2n) is 5.14. The molecule has 1 aromatic rings. The number of carbonyl (C=O) groups is 1.